The van der Waals surface area contributed by atoms with Crippen LogP contribution in [0.3, 0.4) is 0 Å². The number of benzene rings is 1. The van der Waals surface area contributed by atoms with Crippen LogP contribution in [0.25, 0.3) is 0 Å². The number of nitrogens with zero attached hydrogens (tertiary/aromatic N) is 1. The van der Waals surface area contributed by atoms with Crippen molar-refractivity contribution in [2.75, 3.05) is 18.5 Å². The summed E-state index contributed by atoms with van der Waals surface area (Å²) in [6.45, 7) is 6.24. The SMILES string of the molecule is C[C@H]1[C@H]([Si](C)(C)O)[C@@H](CC(=O)N2CCC[C@H]2CO)O[C@]12C(=O)Nc1ccc(I)cc12. The van der Waals surface area contributed by atoms with Gasteiger partial charge in [-0.25, -0.2) is 0 Å². The summed E-state index contributed by atoms with van der Waals surface area (Å²) in [7, 11) is -2.77. The molecule has 0 unspecified atom stereocenters. The molecule has 0 radical (unpaired) electrons. The van der Waals surface area contributed by atoms with Gasteiger partial charge >= 0.3 is 0 Å². The molecule has 7 nitrogen and oxygen atoms in total. The zero-order valence-electron chi connectivity index (χ0n) is 17.5. The number of rotatable bonds is 4. The van der Waals surface area contributed by atoms with Crippen molar-refractivity contribution in [3.63, 3.8) is 0 Å². The monoisotopic (exact) mass is 544 g/mol. The highest BCUT2D eigenvalue weighted by molar-refractivity contribution is 14.1. The Labute approximate surface area is 191 Å². The van der Waals surface area contributed by atoms with E-state index in [0.29, 0.717) is 6.54 Å². The molecule has 2 saturated heterocycles. The van der Waals surface area contributed by atoms with E-state index in [-0.39, 0.29) is 42.3 Å². The quantitative estimate of drug-likeness (QED) is 0.400. The first kappa shape index (κ1) is 22.2. The van der Waals surface area contributed by atoms with Gasteiger partial charge in [0, 0.05) is 32.8 Å². The molecular formula is C21H29IN2O5Si. The lowest BCUT2D eigenvalue weighted by Crippen LogP contribution is -2.44. The highest BCUT2D eigenvalue weighted by Gasteiger charge is 2.65. The van der Waals surface area contributed by atoms with E-state index in [1.54, 1.807) is 4.90 Å². The summed E-state index contributed by atoms with van der Waals surface area (Å²) >= 11 is 2.22. The summed E-state index contributed by atoms with van der Waals surface area (Å²) in [5.74, 6) is -0.571. The molecule has 0 aromatic heterocycles. The fourth-order valence-corrected chi connectivity index (χ4v) is 8.76. The molecule has 3 N–H and O–H groups in total. The lowest BCUT2D eigenvalue weighted by atomic mass is 9.82. The number of likely N-dealkylation sites (tertiary alicyclic amines) is 1. The Morgan fingerprint density at radius 1 is 1.43 bits per heavy atom. The van der Waals surface area contributed by atoms with Crippen LogP contribution in [0.2, 0.25) is 18.6 Å². The molecule has 1 aromatic carbocycles. The highest BCUT2D eigenvalue weighted by Crippen LogP contribution is 2.58. The minimum Gasteiger partial charge on any atom is -0.432 e. The molecule has 2 amide bonds. The molecule has 5 atom stereocenters. The van der Waals surface area contributed by atoms with E-state index in [1.165, 1.54) is 0 Å². The number of fused-ring (bicyclic) bond motifs is 2. The summed E-state index contributed by atoms with van der Waals surface area (Å²) in [6.07, 6.45) is 1.23. The number of halogens is 1. The zero-order chi connectivity index (χ0) is 21.8. The van der Waals surface area contributed by atoms with E-state index < -0.39 is 20.0 Å². The van der Waals surface area contributed by atoms with Crippen LogP contribution >= 0.6 is 22.6 Å². The van der Waals surface area contributed by atoms with Crippen LogP contribution in [0.15, 0.2) is 18.2 Å². The smallest absolute Gasteiger partial charge is 0.261 e. The molecule has 30 heavy (non-hydrogen) atoms. The molecule has 3 aliphatic heterocycles. The van der Waals surface area contributed by atoms with Crippen LogP contribution < -0.4 is 5.32 Å². The minimum absolute atomic E-state index is 0.0461. The number of amides is 2. The Hall–Kier alpha value is -1.01. The van der Waals surface area contributed by atoms with E-state index in [4.69, 9.17) is 4.74 Å². The topological polar surface area (TPSA) is 99.1 Å². The minimum atomic E-state index is -2.77. The van der Waals surface area contributed by atoms with Gasteiger partial charge < -0.3 is 24.9 Å². The van der Waals surface area contributed by atoms with Crippen molar-refractivity contribution in [2.45, 2.75) is 62.6 Å². The number of aliphatic hydroxyl groups is 1. The van der Waals surface area contributed by atoms with Crippen LogP contribution in [-0.2, 0) is 19.9 Å². The number of ether oxygens (including phenoxy) is 1. The number of carbonyl (C=O) groups excluding carboxylic acids is 2. The molecule has 0 saturated carbocycles. The first-order valence-corrected chi connectivity index (χ1v) is 14.6. The van der Waals surface area contributed by atoms with Gasteiger partial charge in [0.25, 0.3) is 5.91 Å². The summed E-state index contributed by atoms with van der Waals surface area (Å²) in [4.78, 5) is 39.2. The van der Waals surface area contributed by atoms with Crippen LogP contribution in [-0.4, -0.2) is 60.2 Å². The van der Waals surface area contributed by atoms with Crippen LogP contribution in [0.1, 0.15) is 31.7 Å². The molecule has 3 heterocycles. The summed E-state index contributed by atoms with van der Waals surface area (Å²) in [5, 5.41) is 12.5. The number of hydrogen-bond donors (Lipinski definition) is 3. The van der Waals surface area contributed by atoms with Crippen LogP contribution in [0.4, 0.5) is 5.69 Å². The number of anilines is 1. The molecule has 3 aliphatic rings. The average molecular weight is 544 g/mol. The number of hydrogen-bond acceptors (Lipinski definition) is 5. The van der Waals surface area contributed by atoms with Crippen LogP contribution in [0, 0.1) is 9.49 Å². The maximum atomic E-state index is 13.2. The number of carbonyl (C=O) groups is 2. The van der Waals surface area contributed by atoms with Gasteiger partial charge in [0.15, 0.2) is 13.9 Å². The zero-order valence-corrected chi connectivity index (χ0v) is 20.7. The largest absolute Gasteiger partial charge is 0.432 e. The van der Waals surface area contributed by atoms with E-state index in [0.717, 1.165) is 27.7 Å². The maximum Gasteiger partial charge on any atom is 0.261 e. The van der Waals surface area contributed by atoms with Crippen molar-refractivity contribution in [1.29, 1.82) is 0 Å². The first-order valence-electron chi connectivity index (χ1n) is 10.5. The summed E-state index contributed by atoms with van der Waals surface area (Å²) in [6, 6.07) is 5.62. The molecule has 0 aliphatic carbocycles. The van der Waals surface area contributed by atoms with Crippen molar-refractivity contribution in [3.05, 3.63) is 27.3 Å². The van der Waals surface area contributed by atoms with Gasteiger partial charge in [0.2, 0.25) is 5.91 Å². The van der Waals surface area contributed by atoms with Gasteiger partial charge in [-0.1, -0.05) is 6.92 Å². The third kappa shape index (κ3) is 3.42. The maximum absolute atomic E-state index is 13.2. The first-order chi connectivity index (χ1) is 14.1. The van der Waals surface area contributed by atoms with Gasteiger partial charge in [0.05, 0.1) is 25.2 Å². The Morgan fingerprint density at radius 2 is 2.17 bits per heavy atom. The fraction of sp³-hybridized carbons (Fsp3) is 0.619. The number of aliphatic hydroxyl groups excluding tert-OH is 1. The van der Waals surface area contributed by atoms with Gasteiger partial charge in [-0.15, -0.1) is 0 Å². The predicted molar refractivity (Wildman–Crippen MR) is 123 cm³/mol. The van der Waals surface area contributed by atoms with E-state index in [1.807, 2.05) is 38.2 Å². The van der Waals surface area contributed by atoms with E-state index in [2.05, 4.69) is 27.9 Å². The second kappa shape index (κ2) is 7.84. The van der Waals surface area contributed by atoms with Crippen molar-refractivity contribution >= 4 is 48.4 Å². The van der Waals surface area contributed by atoms with E-state index >= 15 is 0 Å². The molecule has 1 aromatic rings. The van der Waals surface area contributed by atoms with E-state index in [9.17, 15) is 19.5 Å². The molecule has 9 heteroatoms. The third-order valence-electron chi connectivity index (χ3n) is 6.98. The normalized spacial score (nSPS) is 33.3. The van der Waals surface area contributed by atoms with Gasteiger partial charge in [-0.2, -0.15) is 0 Å². The molecule has 1 spiro atoms. The number of nitrogens with one attached hydrogen (secondary N) is 1. The van der Waals surface area contributed by atoms with Crippen molar-refractivity contribution in [1.82, 2.24) is 4.90 Å². The Morgan fingerprint density at radius 3 is 2.83 bits per heavy atom. The Kier molecular flexibility index (Phi) is 5.80. The molecule has 2 fully saturated rings. The molecular weight excluding hydrogens is 515 g/mol. The predicted octanol–water partition coefficient (Wildman–Crippen LogP) is 2.41. The lowest BCUT2D eigenvalue weighted by molar-refractivity contribution is -0.148. The van der Waals surface area contributed by atoms with Gasteiger partial charge in [0.1, 0.15) is 0 Å². The van der Waals surface area contributed by atoms with Crippen molar-refractivity contribution in [2.24, 2.45) is 5.92 Å². The Bertz CT molecular complexity index is 875. The lowest BCUT2D eigenvalue weighted by Gasteiger charge is -2.32. The highest BCUT2D eigenvalue weighted by atomic mass is 127. The van der Waals surface area contributed by atoms with Crippen molar-refractivity contribution in [3.8, 4) is 0 Å². The van der Waals surface area contributed by atoms with Gasteiger partial charge in [-0.3, -0.25) is 9.59 Å². The summed E-state index contributed by atoms with van der Waals surface area (Å²) in [5.41, 5.74) is 0.0570. The summed E-state index contributed by atoms with van der Waals surface area (Å²) < 4.78 is 7.50. The standard InChI is InChI=1S/C21H29IN2O5Si/c1-12-19(30(2,3)28)17(10-18(26)24-8-4-5-14(24)11-25)29-21(12)15-9-13(22)6-7-16(15)23-20(21)27/h6-7,9,12,14,17,19,25,28H,4-5,8,10-11H2,1-3H3,(H,23,27)/t12-,14-,17+,19-,21+/m0/s1. The fourth-order valence-electron chi connectivity index (χ4n) is 5.71. The van der Waals surface area contributed by atoms with Gasteiger partial charge in [-0.05, 0) is 66.7 Å². The molecule has 4 rings (SSSR count). The third-order valence-corrected chi connectivity index (χ3v) is 10.2. The van der Waals surface area contributed by atoms with Crippen LogP contribution in [0.5, 0.6) is 0 Å². The molecule has 164 valence electrons. The second-order valence-electron chi connectivity index (χ2n) is 9.27. The average Bonchev–Trinajstić information content (AvgIpc) is 3.32. The van der Waals surface area contributed by atoms with Crippen molar-refractivity contribution < 1.29 is 24.2 Å². The molecule has 0 bridgehead atoms. The Balaban J connectivity index is 1.69. The second-order valence-corrected chi connectivity index (χ2v) is 14.5.